The fourth-order valence-electron chi connectivity index (χ4n) is 3.65. The topological polar surface area (TPSA) is 91.6 Å². The molecule has 3 aromatic carbocycles. The highest BCUT2D eigenvalue weighted by molar-refractivity contribution is 6.31. The van der Waals surface area contributed by atoms with E-state index in [0.717, 1.165) is 16.8 Å². The normalized spacial score (nSPS) is 12.0. The molecule has 6 nitrogen and oxygen atoms in total. The van der Waals surface area contributed by atoms with Gasteiger partial charge in [0.2, 0.25) is 0 Å². The van der Waals surface area contributed by atoms with Crippen LogP contribution in [-0.2, 0) is 6.42 Å². The third-order valence-corrected chi connectivity index (χ3v) is 5.63. The quantitative estimate of drug-likeness (QED) is 0.393. The van der Waals surface area contributed by atoms with Crippen molar-refractivity contribution in [3.8, 4) is 5.69 Å². The molecule has 1 atom stereocenters. The number of carbonyl (C=O) groups is 1. The Kier molecular flexibility index (Phi) is 6.89. The maximum atomic E-state index is 13.2. The summed E-state index contributed by atoms with van der Waals surface area (Å²) >= 11 is 6.21. The summed E-state index contributed by atoms with van der Waals surface area (Å²) < 4.78 is 1.96. The molecule has 0 aliphatic rings. The number of nitrogens with zero attached hydrogens (tertiary/aromatic N) is 1. The summed E-state index contributed by atoms with van der Waals surface area (Å²) in [6.07, 6.45) is 1.24. The Hall–Kier alpha value is -3.45. The van der Waals surface area contributed by atoms with Crippen LogP contribution in [0.25, 0.3) is 16.6 Å². The third kappa shape index (κ3) is 5.14. The molecule has 3 N–H and O–H groups in total. The molecule has 168 valence electrons. The van der Waals surface area contributed by atoms with Gasteiger partial charge in [-0.3, -0.25) is 9.59 Å². The van der Waals surface area contributed by atoms with Gasteiger partial charge in [0.15, 0.2) is 5.43 Å². The fraction of sp³-hybridized carbons (Fsp3) is 0.154. The minimum Gasteiger partial charge on any atom is -0.394 e. The molecule has 1 unspecified atom stereocenters. The summed E-state index contributed by atoms with van der Waals surface area (Å²) in [6, 6.07) is 21.9. The molecule has 4 rings (SSSR count). The van der Waals surface area contributed by atoms with E-state index >= 15 is 0 Å². The monoisotopic (exact) mass is 462 g/mol. The Bertz CT molecular complexity index is 1330. The van der Waals surface area contributed by atoms with Crippen LogP contribution in [0.4, 0.5) is 0 Å². The molecule has 0 spiro atoms. The van der Waals surface area contributed by atoms with Crippen LogP contribution >= 0.6 is 11.6 Å². The first-order chi connectivity index (χ1) is 16.0. The molecule has 1 aromatic heterocycles. The summed E-state index contributed by atoms with van der Waals surface area (Å²) in [4.78, 5) is 25.4. The van der Waals surface area contributed by atoms with Gasteiger partial charge in [0.05, 0.1) is 18.2 Å². The lowest BCUT2D eigenvalue weighted by Gasteiger charge is -2.14. The van der Waals surface area contributed by atoms with Crippen LogP contribution in [0.5, 0.6) is 0 Å². The van der Waals surface area contributed by atoms with Crippen molar-refractivity contribution >= 4 is 28.4 Å². The van der Waals surface area contributed by atoms with Crippen LogP contribution in [0.15, 0.2) is 83.8 Å². The van der Waals surface area contributed by atoms with Gasteiger partial charge in [0.25, 0.3) is 5.91 Å². The van der Waals surface area contributed by atoms with Gasteiger partial charge < -0.3 is 20.1 Å². The second-order valence-electron chi connectivity index (χ2n) is 7.77. The number of aliphatic hydroxyl groups excluding tert-OH is 2. The second-order valence-corrected chi connectivity index (χ2v) is 8.21. The summed E-state index contributed by atoms with van der Waals surface area (Å²) in [5.41, 5.74) is 3.53. The molecule has 1 amide bonds. The summed E-state index contributed by atoms with van der Waals surface area (Å²) in [7, 11) is 0. The van der Waals surface area contributed by atoms with E-state index in [2.05, 4.69) is 5.32 Å². The van der Waals surface area contributed by atoms with Crippen molar-refractivity contribution in [3.05, 3.63) is 111 Å². The number of aliphatic hydroxyl groups is 2. The number of carbonyl (C=O) groups excluding carboxylic acids is 1. The highest BCUT2D eigenvalue weighted by Crippen LogP contribution is 2.22. The zero-order valence-electron chi connectivity index (χ0n) is 17.7. The molecule has 0 saturated carbocycles. The van der Waals surface area contributed by atoms with Crippen molar-refractivity contribution in [2.45, 2.75) is 12.5 Å². The maximum Gasteiger partial charge on any atom is 0.251 e. The third-order valence-electron chi connectivity index (χ3n) is 5.39. The predicted molar refractivity (Wildman–Crippen MR) is 129 cm³/mol. The molecule has 0 fully saturated rings. The van der Waals surface area contributed by atoms with Crippen molar-refractivity contribution in [1.29, 1.82) is 0 Å². The fourth-order valence-corrected chi connectivity index (χ4v) is 3.82. The number of hydrogen-bond acceptors (Lipinski definition) is 4. The molecule has 0 aliphatic carbocycles. The highest BCUT2D eigenvalue weighted by Gasteiger charge is 2.13. The van der Waals surface area contributed by atoms with Gasteiger partial charge in [0.1, 0.15) is 0 Å². The summed E-state index contributed by atoms with van der Waals surface area (Å²) in [5, 5.41) is 21.9. The molecule has 0 aliphatic heterocycles. The number of nitrogens with one attached hydrogen (secondary N) is 1. The maximum absolute atomic E-state index is 13.2. The lowest BCUT2D eigenvalue weighted by atomic mass is 10.0. The Morgan fingerprint density at radius 2 is 1.76 bits per heavy atom. The first-order valence-electron chi connectivity index (χ1n) is 10.5. The number of aromatic nitrogens is 1. The predicted octanol–water partition coefficient (Wildman–Crippen LogP) is 3.32. The zero-order valence-corrected chi connectivity index (χ0v) is 18.5. The van der Waals surface area contributed by atoms with Crippen LogP contribution in [0, 0.1) is 0 Å². The van der Waals surface area contributed by atoms with Gasteiger partial charge >= 0.3 is 0 Å². The van der Waals surface area contributed by atoms with Gasteiger partial charge in [-0.2, -0.15) is 0 Å². The van der Waals surface area contributed by atoms with Crippen LogP contribution < -0.4 is 10.7 Å². The van der Waals surface area contributed by atoms with Gasteiger partial charge in [-0.25, -0.2) is 0 Å². The molecule has 4 aromatic rings. The largest absolute Gasteiger partial charge is 0.394 e. The number of halogens is 1. The first kappa shape index (κ1) is 22.7. The van der Waals surface area contributed by atoms with E-state index < -0.39 is 12.7 Å². The van der Waals surface area contributed by atoms with Crippen molar-refractivity contribution in [3.63, 3.8) is 0 Å². The number of amides is 1. The molecular formula is C26H23ClN2O4. The molecule has 1 heterocycles. The van der Waals surface area contributed by atoms with E-state index in [9.17, 15) is 14.7 Å². The number of pyridine rings is 1. The van der Waals surface area contributed by atoms with E-state index in [1.54, 1.807) is 42.5 Å². The Morgan fingerprint density at radius 1 is 1.03 bits per heavy atom. The SMILES string of the molecule is O=C(NCC(O)CO)c1ccc(Cc2cn(-c3ccccc3)c3cc(Cl)ccc3c2=O)cc1. The summed E-state index contributed by atoms with van der Waals surface area (Å²) in [6.45, 7) is -0.449. The van der Waals surface area contributed by atoms with E-state index in [-0.39, 0.29) is 17.9 Å². The second kappa shape index (κ2) is 10.0. The number of fused-ring (bicyclic) bond motifs is 1. The van der Waals surface area contributed by atoms with E-state index in [1.807, 2.05) is 41.1 Å². The number of benzene rings is 3. The van der Waals surface area contributed by atoms with E-state index in [0.29, 0.717) is 28.0 Å². The molecular weight excluding hydrogens is 440 g/mol. The van der Waals surface area contributed by atoms with Gasteiger partial charge in [-0.05, 0) is 48.0 Å². The van der Waals surface area contributed by atoms with Crippen molar-refractivity contribution in [2.24, 2.45) is 0 Å². The Balaban J connectivity index is 1.65. The number of para-hydroxylation sites is 1. The first-order valence-corrected chi connectivity index (χ1v) is 10.9. The van der Waals surface area contributed by atoms with Crippen molar-refractivity contribution < 1.29 is 15.0 Å². The van der Waals surface area contributed by atoms with Crippen LogP contribution in [0.3, 0.4) is 0 Å². The average Bonchev–Trinajstić information content (AvgIpc) is 2.85. The van der Waals surface area contributed by atoms with Crippen LogP contribution in [-0.4, -0.2) is 39.9 Å². The van der Waals surface area contributed by atoms with Crippen molar-refractivity contribution in [1.82, 2.24) is 9.88 Å². The number of hydrogen-bond donors (Lipinski definition) is 3. The van der Waals surface area contributed by atoms with Crippen molar-refractivity contribution in [2.75, 3.05) is 13.2 Å². The standard InChI is InChI=1S/C26H23ClN2O4/c27-20-10-11-23-24(13-20)29(21-4-2-1-3-5-21)15-19(25(23)32)12-17-6-8-18(9-7-17)26(33)28-14-22(31)16-30/h1-11,13,15,22,30-31H,12,14,16H2,(H,28,33). The van der Waals surface area contributed by atoms with E-state index in [4.69, 9.17) is 16.7 Å². The highest BCUT2D eigenvalue weighted by atomic mass is 35.5. The smallest absolute Gasteiger partial charge is 0.251 e. The zero-order chi connectivity index (χ0) is 23.4. The molecule has 0 bridgehead atoms. The van der Waals surface area contributed by atoms with E-state index in [1.165, 1.54) is 0 Å². The van der Waals surface area contributed by atoms with Crippen LogP contribution in [0.1, 0.15) is 21.5 Å². The Labute approximate surface area is 195 Å². The average molecular weight is 463 g/mol. The van der Waals surface area contributed by atoms with Gasteiger partial charge in [-0.1, -0.05) is 41.9 Å². The van der Waals surface area contributed by atoms with Gasteiger partial charge in [-0.15, -0.1) is 0 Å². The molecule has 0 saturated heterocycles. The lowest BCUT2D eigenvalue weighted by Crippen LogP contribution is -2.33. The molecule has 33 heavy (non-hydrogen) atoms. The molecule has 7 heteroatoms. The van der Waals surface area contributed by atoms with Crippen LogP contribution in [0.2, 0.25) is 5.02 Å². The minimum absolute atomic E-state index is 0.0305. The molecule has 0 radical (unpaired) electrons. The Morgan fingerprint density at radius 3 is 2.45 bits per heavy atom. The minimum atomic E-state index is -0.997. The number of rotatable bonds is 7. The lowest BCUT2D eigenvalue weighted by molar-refractivity contribution is 0.0802. The van der Waals surface area contributed by atoms with Gasteiger partial charge in [0, 0.05) is 46.4 Å². The summed E-state index contributed by atoms with van der Waals surface area (Å²) in [5.74, 6) is -0.344.